The summed E-state index contributed by atoms with van der Waals surface area (Å²) < 4.78 is 0. The number of carboxylic acid groups (broad SMARTS) is 1. The van der Waals surface area contributed by atoms with E-state index in [1.807, 2.05) is 0 Å². The second-order valence-corrected chi connectivity index (χ2v) is 2.05. The van der Waals surface area contributed by atoms with Gasteiger partial charge in [0.2, 0.25) is 0 Å². The molecule has 0 spiro atoms. The van der Waals surface area contributed by atoms with Gasteiger partial charge in [-0.15, -0.1) is 0 Å². The molecule has 2 unspecified atom stereocenters. The van der Waals surface area contributed by atoms with Gasteiger partial charge in [-0.05, 0) is 6.92 Å². The molecule has 0 heterocycles. The zero-order valence-electron chi connectivity index (χ0n) is 10.4. The number of carbonyl (C=O) groups is 1. The molecule has 0 fully saturated rings. The quantitative estimate of drug-likeness (QED) is 0.428. The maximum absolute atomic E-state index is 9.86. The number of hydrogen-bond acceptors (Lipinski definition) is 5. The maximum atomic E-state index is 9.86. The molecule has 82 valence electrons. The largest absolute Gasteiger partial charge is 1.00 e. The Morgan fingerprint density at radius 3 is 1.60 bits per heavy atom. The van der Waals surface area contributed by atoms with Crippen LogP contribution in [0.2, 0.25) is 0 Å². The van der Waals surface area contributed by atoms with Gasteiger partial charge in [0.1, 0.15) is 6.04 Å². The van der Waals surface area contributed by atoms with Crippen molar-refractivity contribution in [1.29, 1.82) is 10.5 Å². The number of rotatable bonds is 2. The van der Waals surface area contributed by atoms with Crippen LogP contribution in [0, 0.1) is 22.7 Å². The summed E-state index contributed by atoms with van der Waals surface area (Å²) >= 11 is 0. The zero-order chi connectivity index (χ0) is 12.1. The van der Waals surface area contributed by atoms with Gasteiger partial charge in [-0.25, -0.2) is 0 Å². The molecule has 0 radical (unpaired) electrons. The first-order valence-electron chi connectivity index (χ1n) is 3.67. The molecule has 0 saturated carbocycles. The zero-order valence-corrected chi connectivity index (χ0v) is 11.4. The van der Waals surface area contributed by atoms with E-state index in [1.54, 1.807) is 12.1 Å². The molecule has 7 heteroatoms. The van der Waals surface area contributed by atoms with E-state index in [-0.39, 0.29) is 31.0 Å². The van der Waals surface area contributed by atoms with Crippen LogP contribution in [0.4, 0.5) is 0 Å². The Hall–Kier alpha value is -0.630. The number of nitrogens with zero attached hydrogens (tertiary/aromatic N) is 2. The molecule has 15 heavy (non-hydrogen) atoms. The van der Waals surface area contributed by atoms with Crippen LogP contribution in [-0.4, -0.2) is 28.3 Å². The molecule has 0 aliphatic heterocycles. The maximum Gasteiger partial charge on any atom is 1.00 e. The Bertz CT molecular complexity index is 214. The standard InChI is InChI=1S/C4H9NO3.2C2H3N.Na.H/c1-2(6)3(5)4(7)8;2*1-2-3;;/h2-3,6H,5H2,1H3,(H,7,8);2*1H3;;/q;;;+1;-1. The Kier molecular flexibility index (Phi) is 30.3. The smallest absolute Gasteiger partial charge is 1.00 e. The fourth-order valence-electron chi connectivity index (χ4n) is 0.206. The molecule has 0 aromatic rings. The molecular weight excluding hydrogens is 209 g/mol. The van der Waals surface area contributed by atoms with Gasteiger partial charge >= 0.3 is 35.5 Å². The van der Waals surface area contributed by atoms with Crippen molar-refractivity contribution in [3.63, 3.8) is 0 Å². The van der Waals surface area contributed by atoms with E-state index in [0.29, 0.717) is 0 Å². The third-order valence-corrected chi connectivity index (χ3v) is 0.805. The van der Waals surface area contributed by atoms with Gasteiger partial charge in [-0.1, -0.05) is 0 Å². The third-order valence-electron chi connectivity index (χ3n) is 0.805. The monoisotopic (exact) mass is 225 g/mol. The molecule has 6 nitrogen and oxygen atoms in total. The normalized spacial score (nSPS) is 10.3. The average molecular weight is 225 g/mol. The van der Waals surface area contributed by atoms with Crippen molar-refractivity contribution in [2.45, 2.75) is 32.9 Å². The Labute approximate surface area is 113 Å². The third kappa shape index (κ3) is 31.8. The molecule has 0 amide bonds. The molecule has 4 N–H and O–H groups in total. The molecule has 2 atom stereocenters. The molecule has 0 rings (SSSR count). The molecule has 0 bridgehead atoms. The summed E-state index contributed by atoms with van der Waals surface area (Å²) in [5, 5.41) is 31.2. The number of aliphatic hydroxyl groups excluding tert-OH is 1. The van der Waals surface area contributed by atoms with E-state index in [4.69, 9.17) is 26.5 Å². The molecule has 0 aliphatic rings. The minimum absolute atomic E-state index is 0. The van der Waals surface area contributed by atoms with Crippen LogP contribution in [0.3, 0.4) is 0 Å². The van der Waals surface area contributed by atoms with Crippen molar-refractivity contribution in [2.75, 3.05) is 0 Å². The van der Waals surface area contributed by atoms with Gasteiger partial charge in [0.05, 0.1) is 18.2 Å². The SMILES string of the molecule is CC#N.CC#N.CC(O)C(N)C(=O)O.[H-].[Na+]. The van der Waals surface area contributed by atoms with Gasteiger partial charge < -0.3 is 17.4 Å². The van der Waals surface area contributed by atoms with Gasteiger partial charge in [0.25, 0.3) is 0 Å². The fourth-order valence-corrected chi connectivity index (χ4v) is 0.206. The minimum Gasteiger partial charge on any atom is -1.00 e. The Morgan fingerprint density at radius 2 is 1.60 bits per heavy atom. The first kappa shape index (κ1) is 23.9. The van der Waals surface area contributed by atoms with Gasteiger partial charge in [0.15, 0.2) is 0 Å². The van der Waals surface area contributed by atoms with Crippen LogP contribution in [0.5, 0.6) is 0 Å². The summed E-state index contributed by atoms with van der Waals surface area (Å²) in [6, 6.07) is 2.34. The van der Waals surface area contributed by atoms with Gasteiger partial charge in [-0.2, -0.15) is 10.5 Å². The molecule has 0 aromatic heterocycles. The molecule has 0 aliphatic carbocycles. The summed E-state index contributed by atoms with van der Waals surface area (Å²) in [5.41, 5.74) is 4.91. The van der Waals surface area contributed by atoms with Crippen LogP contribution in [0.1, 0.15) is 22.2 Å². The molecular formula is C8H16N3NaO3. The predicted octanol–water partition coefficient (Wildman–Crippen LogP) is -3.04. The Balaban J connectivity index is -0.0000000434. The first-order chi connectivity index (χ1) is 6.38. The summed E-state index contributed by atoms with van der Waals surface area (Å²) in [6.45, 7) is 4.19. The topological polar surface area (TPSA) is 131 Å². The number of hydrogen-bond donors (Lipinski definition) is 3. The van der Waals surface area contributed by atoms with Crippen LogP contribution < -0.4 is 35.3 Å². The van der Waals surface area contributed by atoms with Crippen LogP contribution >= 0.6 is 0 Å². The van der Waals surface area contributed by atoms with E-state index in [0.717, 1.165) is 0 Å². The second kappa shape index (κ2) is 19.0. The van der Waals surface area contributed by atoms with Crippen molar-refractivity contribution < 1.29 is 46.0 Å². The summed E-state index contributed by atoms with van der Waals surface area (Å²) in [5.74, 6) is -1.18. The van der Waals surface area contributed by atoms with E-state index < -0.39 is 18.1 Å². The number of aliphatic hydroxyl groups is 1. The number of nitriles is 2. The Morgan fingerprint density at radius 1 is 1.40 bits per heavy atom. The van der Waals surface area contributed by atoms with Crippen molar-refractivity contribution in [3.05, 3.63) is 0 Å². The second-order valence-electron chi connectivity index (χ2n) is 2.05. The van der Waals surface area contributed by atoms with E-state index in [1.165, 1.54) is 20.8 Å². The molecule has 0 saturated heterocycles. The summed E-state index contributed by atoms with van der Waals surface area (Å²) in [7, 11) is 0. The van der Waals surface area contributed by atoms with Crippen molar-refractivity contribution in [2.24, 2.45) is 5.73 Å². The number of carboxylic acids is 1. The van der Waals surface area contributed by atoms with Crippen LogP contribution in [-0.2, 0) is 4.79 Å². The number of aliphatic carboxylic acids is 1. The van der Waals surface area contributed by atoms with Gasteiger partial charge in [-0.3, -0.25) is 4.79 Å². The predicted molar refractivity (Wildman–Crippen MR) is 51.0 cm³/mol. The minimum atomic E-state index is -1.18. The number of nitrogens with two attached hydrogens (primary N) is 1. The van der Waals surface area contributed by atoms with Crippen molar-refractivity contribution >= 4 is 5.97 Å². The summed E-state index contributed by atoms with van der Waals surface area (Å²) in [4.78, 5) is 9.86. The van der Waals surface area contributed by atoms with E-state index in [2.05, 4.69) is 0 Å². The first-order valence-corrected chi connectivity index (χ1v) is 3.67. The van der Waals surface area contributed by atoms with Crippen molar-refractivity contribution in [3.8, 4) is 12.1 Å². The van der Waals surface area contributed by atoms with E-state index >= 15 is 0 Å². The summed E-state index contributed by atoms with van der Waals surface area (Å²) in [6.07, 6.45) is -0.979. The van der Waals surface area contributed by atoms with Crippen LogP contribution in [0.15, 0.2) is 0 Å². The van der Waals surface area contributed by atoms with Crippen molar-refractivity contribution in [1.82, 2.24) is 0 Å². The van der Waals surface area contributed by atoms with E-state index in [9.17, 15) is 4.79 Å². The van der Waals surface area contributed by atoms with Gasteiger partial charge in [0, 0.05) is 13.8 Å². The molecule has 0 aromatic carbocycles. The fraction of sp³-hybridized carbons (Fsp3) is 0.625. The average Bonchev–Trinajstić information content (AvgIpc) is 2.05. The van der Waals surface area contributed by atoms with Crippen LogP contribution in [0.25, 0.3) is 0 Å².